The number of hydrogen-bond donors (Lipinski definition) is 0. The molecule has 1 rings (SSSR count). The van der Waals surface area contributed by atoms with Gasteiger partial charge in [-0.2, -0.15) is 0 Å². The quantitative estimate of drug-likeness (QED) is 0.501. The van der Waals surface area contributed by atoms with Crippen molar-refractivity contribution >= 4 is 8.32 Å². The first-order valence-electron chi connectivity index (χ1n) is 5.43. The van der Waals surface area contributed by atoms with Crippen molar-refractivity contribution < 1.29 is 4.43 Å². The largest absolute Gasteiger partial charge is 0.547 e. The average molecular weight is 210 g/mol. The zero-order chi connectivity index (χ0) is 10.8. The maximum absolute atomic E-state index is 6.07. The highest BCUT2D eigenvalue weighted by Gasteiger charge is 2.26. The molecule has 1 aliphatic carbocycles. The van der Waals surface area contributed by atoms with E-state index in [0.29, 0.717) is 5.92 Å². The van der Waals surface area contributed by atoms with Gasteiger partial charge in [0.2, 0.25) is 8.32 Å². The highest BCUT2D eigenvalue weighted by Crippen LogP contribution is 2.35. The van der Waals surface area contributed by atoms with Crippen LogP contribution in [-0.4, -0.2) is 8.32 Å². The summed E-state index contributed by atoms with van der Waals surface area (Å²) in [5.41, 5.74) is 1.47. The van der Waals surface area contributed by atoms with Crippen LogP contribution in [0.15, 0.2) is 24.0 Å². The zero-order valence-corrected chi connectivity index (χ0v) is 10.9. The number of allylic oxidation sites excluding steroid dienone is 3. The Morgan fingerprint density at radius 1 is 1.50 bits per heavy atom. The van der Waals surface area contributed by atoms with E-state index in [4.69, 9.17) is 4.43 Å². The second-order valence-corrected chi connectivity index (χ2v) is 9.51. The molecule has 0 saturated carbocycles. The Hall–Kier alpha value is -0.503. The van der Waals surface area contributed by atoms with E-state index in [0.717, 1.165) is 12.8 Å². The van der Waals surface area contributed by atoms with Crippen LogP contribution in [0.25, 0.3) is 0 Å². The number of rotatable bonds is 4. The third-order valence-electron chi connectivity index (χ3n) is 2.65. The Kier molecular flexibility index (Phi) is 3.59. The van der Waals surface area contributed by atoms with Crippen molar-refractivity contribution in [2.75, 3.05) is 0 Å². The van der Waals surface area contributed by atoms with Crippen LogP contribution in [0.3, 0.4) is 0 Å². The summed E-state index contributed by atoms with van der Waals surface area (Å²) in [4.78, 5) is 0. The van der Waals surface area contributed by atoms with Crippen molar-refractivity contribution in [3.8, 4) is 0 Å². The summed E-state index contributed by atoms with van der Waals surface area (Å²) in [5, 5.41) is 0. The van der Waals surface area contributed by atoms with Crippen LogP contribution < -0.4 is 0 Å². The molecule has 0 aliphatic heterocycles. The maximum Gasteiger partial charge on any atom is 0.241 e. The van der Waals surface area contributed by atoms with Gasteiger partial charge in [-0.25, -0.2) is 0 Å². The topological polar surface area (TPSA) is 9.23 Å². The van der Waals surface area contributed by atoms with Gasteiger partial charge in [0.15, 0.2) is 0 Å². The lowest BCUT2D eigenvalue weighted by molar-refractivity contribution is 0.404. The van der Waals surface area contributed by atoms with Crippen LogP contribution in [0.4, 0.5) is 0 Å². The second-order valence-electron chi connectivity index (χ2n) is 5.08. The maximum atomic E-state index is 6.07. The molecule has 1 unspecified atom stereocenters. The summed E-state index contributed by atoms with van der Waals surface area (Å²) >= 11 is 0. The van der Waals surface area contributed by atoms with Gasteiger partial charge >= 0.3 is 0 Å². The van der Waals surface area contributed by atoms with Crippen LogP contribution in [0.2, 0.25) is 19.6 Å². The zero-order valence-electron chi connectivity index (χ0n) is 9.89. The van der Waals surface area contributed by atoms with E-state index in [-0.39, 0.29) is 0 Å². The van der Waals surface area contributed by atoms with E-state index < -0.39 is 8.32 Å². The van der Waals surface area contributed by atoms with E-state index in [1.165, 1.54) is 17.8 Å². The summed E-state index contributed by atoms with van der Waals surface area (Å²) in [7, 11) is -1.40. The third-order valence-corrected chi connectivity index (χ3v) is 3.51. The predicted molar refractivity (Wildman–Crippen MR) is 64.7 cm³/mol. The van der Waals surface area contributed by atoms with Gasteiger partial charge < -0.3 is 4.43 Å². The summed E-state index contributed by atoms with van der Waals surface area (Å²) in [6.45, 7) is 12.8. The third kappa shape index (κ3) is 3.02. The first kappa shape index (κ1) is 11.6. The molecular formula is C12H22OSi. The molecule has 80 valence electrons. The Morgan fingerprint density at radius 3 is 2.64 bits per heavy atom. The highest BCUT2D eigenvalue weighted by molar-refractivity contribution is 6.70. The van der Waals surface area contributed by atoms with Crippen LogP contribution in [-0.2, 0) is 4.43 Å². The predicted octanol–water partition coefficient (Wildman–Crippen LogP) is 4.10. The molecule has 0 amide bonds. The molecule has 0 aromatic rings. The fourth-order valence-electron chi connectivity index (χ4n) is 1.94. The van der Waals surface area contributed by atoms with E-state index >= 15 is 0 Å². The molecule has 0 bridgehead atoms. The van der Waals surface area contributed by atoms with Crippen LogP contribution in [0, 0.1) is 5.92 Å². The first-order valence-corrected chi connectivity index (χ1v) is 8.84. The second kappa shape index (κ2) is 4.35. The fraction of sp³-hybridized carbons (Fsp3) is 0.667. The fourth-order valence-corrected chi connectivity index (χ4v) is 2.95. The Labute approximate surface area is 89.0 Å². The van der Waals surface area contributed by atoms with Crippen molar-refractivity contribution in [3.63, 3.8) is 0 Å². The minimum Gasteiger partial charge on any atom is -0.547 e. The van der Waals surface area contributed by atoms with Gasteiger partial charge in [-0.15, -0.1) is 6.58 Å². The summed E-state index contributed by atoms with van der Waals surface area (Å²) in [5.74, 6) is 1.97. The van der Waals surface area contributed by atoms with Crippen molar-refractivity contribution in [1.29, 1.82) is 0 Å². The normalized spacial score (nSPS) is 22.7. The van der Waals surface area contributed by atoms with Crippen LogP contribution >= 0.6 is 0 Å². The summed E-state index contributed by atoms with van der Waals surface area (Å²) in [6.07, 6.45) is 5.50. The first-order chi connectivity index (χ1) is 6.44. The Morgan fingerprint density at radius 2 is 2.14 bits per heavy atom. The molecule has 2 heteroatoms. The van der Waals surface area contributed by atoms with E-state index in [9.17, 15) is 0 Å². The van der Waals surface area contributed by atoms with Gasteiger partial charge in [0.05, 0.1) is 5.76 Å². The van der Waals surface area contributed by atoms with E-state index in [2.05, 4.69) is 33.1 Å². The molecule has 0 saturated heterocycles. The summed E-state index contributed by atoms with van der Waals surface area (Å²) < 4.78 is 6.07. The Bertz CT molecular complexity index is 248. The molecular weight excluding hydrogens is 188 g/mol. The molecule has 1 aliphatic rings. The van der Waals surface area contributed by atoms with Gasteiger partial charge in [-0.1, -0.05) is 6.08 Å². The van der Waals surface area contributed by atoms with Crippen LogP contribution in [0.1, 0.15) is 26.2 Å². The molecule has 1 atom stereocenters. The molecule has 0 aromatic carbocycles. The molecule has 14 heavy (non-hydrogen) atoms. The highest BCUT2D eigenvalue weighted by atomic mass is 28.4. The molecule has 0 spiro atoms. The van der Waals surface area contributed by atoms with Gasteiger partial charge in [-0.3, -0.25) is 0 Å². The molecule has 0 heterocycles. The van der Waals surface area contributed by atoms with Gasteiger partial charge in [0.1, 0.15) is 0 Å². The lowest BCUT2D eigenvalue weighted by atomic mass is 9.99. The van der Waals surface area contributed by atoms with Crippen molar-refractivity contribution in [3.05, 3.63) is 24.0 Å². The van der Waals surface area contributed by atoms with Gasteiger partial charge in [0.25, 0.3) is 0 Å². The van der Waals surface area contributed by atoms with E-state index in [1.54, 1.807) is 0 Å². The molecule has 0 fully saturated rings. The minimum atomic E-state index is -1.40. The minimum absolute atomic E-state index is 0.693. The Balaban J connectivity index is 2.65. The molecule has 0 N–H and O–H groups in total. The van der Waals surface area contributed by atoms with Crippen molar-refractivity contribution in [1.82, 2.24) is 0 Å². The van der Waals surface area contributed by atoms with Gasteiger partial charge in [-0.05, 0) is 50.9 Å². The SMILES string of the molecule is C=CCC1CCC(O[Si](C)(C)C)=C1C. The standard InChI is InChI=1S/C12H22OSi/c1-6-7-11-8-9-12(10(11)2)13-14(3,4)5/h6,11H,1,7-9H2,2-5H3. The van der Waals surface area contributed by atoms with E-state index in [1.807, 2.05) is 6.08 Å². The molecule has 1 nitrogen and oxygen atoms in total. The lowest BCUT2D eigenvalue weighted by Crippen LogP contribution is -2.24. The van der Waals surface area contributed by atoms with Crippen molar-refractivity contribution in [2.45, 2.75) is 45.8 Å². The summed E-state index contributed by atoms with van der Waals surface area (Å²) in [6, 6.07) is 0. The smallest absolute Gasteiger partial charge is 0.241 e. The monoisotopic (exact) mass is 210 g/mol. The molecule has 0 radical (unpaired) electrons. The van der Waals surface area contributed by atoms with Crippen LogP contribution in [0.5, 0.6) is 0 Å². The van der Waals surface area contributed by atoms with Crippen molar-refractivity contribution in [2.24, 2.45) is 5.92 Å². The average Bonchev–Trinajstić information content (AvgIpc) is 2.34. The number of hydrogen-bond acceptors (Lipinski definition) is 1. The lowest BCUT2D eigenvalue weighted by Gasteiger charge is -2.21. The van der Waals surface area contributed by atoms with Gasteiger partial charge in [0, 0.05) is 6.42 Å². The molecule has 0 aromatic heterocycles.